The molecule has 0 aromatic carbocycles. The molecule has 1 saturated heterocycles. The first-order chi connectivity index (χ1) is 13.2. The van der Waals surface area contributed by atoms with Crippen LogP contribution in [0.3, 0.4) is 0 Å². The SMILES string of the molecule is CCCc1cc(C(=O)N2CCCC(c3nc(C)nc4ncccc34)C2)no1. The van der Waals surface area contributed by atoms with E-state index in [4.69, 9.17) is 9.51 Å². The number of rotatable bonds is 4. The van der Waals surface area contributed by atoms with Gasteiger partial charge in [-0.25, -0.2) is 15.0 Å². The van der Waals surface area contributed by atoms with Crippen LogP contribution in [-0.2, 0) is 6.42 Å². The van der Waals surface area contributed by atoms with Gasteiger partial charge in [-0.05, 0) is 38.3 Å². The molecule has 27 heavy (non-hydrogen) atoms. The third-order valence-electron chi connectivity index (χ3n) is 4.98. The van der Waals surface area contributed by atoms with Crippen molar-refractivity contribution >= 4 is 16.9 Å². The Morgan fingerprint density at radius 3 is 3.11 bits per heavy atom. The van der Waals surface area contributed by atoms with Gasteiger partial charge in [0.1, 0.15) is 11.6 Å². The standard InChI is InChI=1S/C20H23N5O2/c1-3-6-15-11-17(24-27-15)20(26)25-10-5-7-14(12-25)18-16-8-4-9-21-19(16)23-13(2)22-18/h4,8-9,11,14H,3,5-7,10,12H2,1-2H3. The number of aryl methyl sites for hydroxylation is 2. The molecule has 140 valence electrons. The van der Waals surface area contributed by atoms with Crippen molar-refractivity contribution in [3.63, 3.8) is 0 Å². The van der Waals surface area contributed by atoms with Gasteiger partial charge in [-0.15, -0.1) is 0 Å². The summed E-state index contributed by atoms with van der Waals surface area (Å²) in [5.74, 6) is 1.57. The molecule has 0 radical (unpaired) electrons. The largest absolute Gasteiger partial charge is 0.361 e. The first-order valence-electron chi connectivity index (χ1n) is 9.50. The predicted octanol–water partition coefficient (Wildman–Crippen LogP) is 3.29. The smallest absolute Gasteiger partial charge is 0.276 e. The van der Waals surface area contributed by atoms with Crippen molar-refractivity contribution in [2.75, 3.05) is 13.1 Å². The second-order valence-corrected chi connectivity index (χ2v) is 7.05. The van der Waals surface area contributed by atoms with Crippen molar-refractivity contribution in [1.82, 2.24) is 25.0 Å². The van der Waals surface area contributed by atoms with Crippen LogP contribution in [0, 0.1) is 6.92 Å². The van der Waals surface area contributed by atoms with Crippen LogP contribution in [0.4, 0.5) is 0 Å². The van der Waals surface area contributed by atoms with Crippen LogP contribution in [0.2, 0.25) is 0 Å². The van der Waals surface area contributed by atoms with E-state index in [-0.39, 0.29) is 11.8 Å². The van der Waals surface area contributed by atoms with Gasteiger partial charge in [0.15, 0.2) is 11.3 Å². The highest BCUT2D eigenvalue weighted by atomic mass is 16.5. The highest BCUT2D eigenvalue weighted by molar-refractivity contribution is 5.92. The van der Waals surface area contributed by atoms with Crippen molar-refractivity contribution in [2.45, 2.75) is 45.4 Å². The minimum absolute atomic E-state index is 0.0704. The molecular formula is C20H23N5O2. The van der Waals surface area contributed by atoms with Crippen molar-refractivity contribution in [3.05, 3.63) is 47.4 Å². The van der Waals surface area contributed by atoms with Gasteiger partial charge in [-0.2, -0.15) is 0 Å². The molecule has 0 saturated carbocycles. The Kier molecular flexibility index (Phi) is 4.83. The molecular weight excluding hydrogens is 342 g/mol. The summed E-state index contributed by atoms with van der Waals surface area (Å²) in [5, 5.41) is 4.94. The number of carbonyl (C=O) groups is 1. The average Bonchev–Trinajstić information content (AvgIpc) is 3.16. The van der Waals surface area contributed by atoms with E-state index in [0.717, 1.165) is 49.1 Å². The van der Waals surface area contributed by atoms with E-state index in [1.54, 1.807) is 12.3 Å². The van der Waals surface area contributed by atoms with Gasteiger partial charge in [0.05, 0.1) is 5.69 Å². The van der Waals surface area contributed by atoms with Crippen LogP contribution in [0.15, 0.2) is 28.9 Å². The molecule has 1 amide bonds. The lowest BCUT2D eigenvalue weighted by Gasteiger charge is -2.32. The molecule has 4 rings (SSSR count). The maximum Gasteiger partial charge on any atom is 0.276 e. The number of hydrogen-bond donors (Lipinski definition) is 0. The van der Waals surface area contributed by atoms with Crippen LogP contribution >= 0.6 is 0 Å². The molecule has 0 bridgehead atoms. The second kappa shape index (κ2) is 7.42. The van der Waals surface area contributed by atoms with Gasteiger partial charge in [0.25, 0.3) is 5.91 Å². The van der Waals surface area contributed by atoms with E-state index in [0.29, 0.717) is 23.7 Å². The number of carbonyl (C=O) groups excluding carboxylic acids is 1. The molecule has 1 aliphatic rings. The highest BCUT2D eigenvalue weighted by Crippen LogP contribution is 2.30. The van der Waals surface area contributed by atoms with Gasteiger partial charge in [0.2, 0.25) is 0 Å². The summed E-state index contributed by atoms with van der Waals surface area (Å²) in [6.45, 7) is 5.30. The monoisotopic (exact) mass is 365 g/mol. The zero-order valence-electron chi connectivity index (χ0n) is 15.7. The number of fused-ring (bicyclic) bond motifs is 1. The first kappa shape index (κ1) is 17.6. The normalized spacial score (nSPS) is 17.4. The van der Waals surface area contributed by atoms with Gasteiger partial charge in [-0.1, -0.05) is 12.1 Å². The van der Waals surface area contributed by atoms with Crippen LogP contribution in [0.1, 0.15) is 59.9 Å². The summed E-state index contributed by atoms with van der Waals surface area (Å²) in [6, 6.07) is 5.68. The Morgan fingerprint density at radius 2 is 2.26 bits per heavy atom. The lowest BCUT2D eigenvalue weighted by molar-refractivity contribution is 0.0695. The lowest BCUT2D eigenvalue weighted by Crippen LogP contribution is -2.39. The van der Waals surface area contributed by atoms with E-state index >= 15 is 0 Å². The fraction of sp³-hybridized carbons (Fsp3) is 0.450. The fourth-order valence-electron chi connectivity index (χ4n) is 3.73. The van der Waals surface area contributed by atoms with Crippen molar-refractivity contribution in [3.8, 4) is 0 Å². The number of amides is 1. The molecule has 7 nitrogen and oxygen atoms in total. The van der Waals surface area contributed by atoms with Gasteiger partial charge in [-0.3, -0.25) is 4.79 Å². The number of pyridine rings is 1. The molecule has 0 aliphatic carbocycles. The summed E-state index contributed by atoms with van der Waals surface area (Å²) in [5.41, 5.74) is 2.09. The lowest BCUT2D eigenvalue weighted by atomic mass is 9.92. The Bertz CT molecular complexity index is 968. The summed E-state index contributed by atoms with van der Waals surface area (Å²) in [4.78, 5) is 28.2. The fourth-order valence-corrected chi connectivity index (χ4v) is 3.73. The number of likely N-dealkylation sites (tertiary alicyclic amines) is 1. The quantitative estimate of drug-likeness (QED) is 0.705. The van der Waals surface area contributed by atoms with Crippen LogP contribution < -0.4 is 0 Å². The molecule has 1 atom stereocenters. The molecule has 1 aliphatic heterocycles. The predicted molar refractivity (Wildman–Crippen MR) is 100 cm³/mol. The molecule has 0 N–H and O–H groups in total. The van der Waals surface area contributed by atoms with E-state index in [1.807, 2.05) is 24.0 Å². The van der Waals surface area contributed by atoms with E-state index in [2.05, 4.69) is 22.0 Å². The second-order valence-electron chi connectivity index (χ2n) is 7.05. The third kappa shape index (κ3) is 3.54. The molecule has 3 aromatic heterocycles. The van der Waals surface area contributed by atoms with E-state index in [9.17, 15) is 4.79 Å². The number of aromatic nitrogens is 4. The molecule has 0 spiro atoms. The number of hydrogen-bond acceptors (Lipinski definition) is 6. The van der Waals surface area contributed by atoms with Gasteiger partial charge in [0, 0.05) is 43.1 Å². The zero-order chi connectivity index (χ0) is 18.8. The van der Waals surface area contributed by atoms with E-state index < -0.39 is 0 Å². The Hall–Kier alpha value is -2.83. The molecule has 4 heterocycles. The summed E-state index contributed by atoms with van der Waals surface area (Å²) in [6.07, 6.45) is 5.42. The summed E-state index contributed by atoms with van der Waals surface area (Å²) in [7, 11) is 0. The van der Waals surface area contributed by atoms with Crippen LogP contribution in [0.5, 0.6) is 0 Å². The minimum Gasteiger partial charge on any atom is -0.361 e. The Labute approximate surface area is 157 Å². The maximum absolute atomic E-state index is 12.9. The first-order valence-corrected chi connectivity index (χ1v) is 9.50. The topological polar surface area (TPSA) is 85.0 Å². The molecule has 7 heteroatoms. The number of nitrogens with zero attached hydrogens (tertiary/aromatic N) is 5. The average molecular weight is 365 g/mol. The molecule has 3 aromatic rings. The van der Waals surface area contributed by atoms with Crippen molar-refractivity contribution in [2.24, 2.45) is 0 Å². The molecule has 1 fully saturated rings. The molecule has 1 unspecified atom stereocenters. The summed E-state index contributed by atoms with van der Waals surface area (Å²) < 4.78 is 5.28. The zero-order valence-corrected chi connectivity index (χ0v) is 15.7. The van der Waals surface area contributed by atoms with Gasteiger partial charge < -0.3 is 9.42 Å². The van der Waals surface area contributed by atoms with E-state index in [1.165, 1.54) is 0 Å². The van der Waals surface area contributed by atoms with Crippen molar-refractivity contribution < 1.29 is 9.32 Å². The van der Waals surface area contributed by atoms with Crippen LogP contribution in [-0.4, -0.2) is 44.0 Å². The maximum atomic E-state index is 12.9. The van der Waals surface area contributed by atoms with Crippen LogP contribution in [0.25, 0.3) is 11.0 Å². The minimum atomic E-state index is -0.0704. The highest BCUT2D eigenvalue weighted by Gasteiger charge is 2.29. The van der Waals surface area contributed by atoms with Crippen molar-refractivity contribution in [1.29, 1.82) is 0 Å². The number of piperidine rings is 1. The third-order valence-corrected chi connectivity index (χ3v) is 4.98. The Morgan fingerprint density at radius 1 is 1.37 bits per heavy atom. The van der Waals surface area contributed by atoms with Gasteiger partial charge >= 0.3 is 0 Å². The summed E-state index contributed by atoms with van der Waals surface area (Å²) >= 11 is 0. The Balaban J connectivity index is 1.59.